The lowest BCUT2D eigenvalue weighted by atomic mass is 10.1. The molecule has 1 aliphatic carbocycles. The number of aromatic nitrogens is 2. The molecule has 1 N–H and O–H groups in total. The van der Waals surface area contributed by atoms with Crippen LogP contribution in [0.3, 0.4) is 0 Å². The van der Waals surface area contributed by atoms with Crippen LogP contribution in [0.15, 0.2) is 29.4 Å². The maximum absolute atomic E-state index is 12.5. The molecule has 3 rings (SSSR count). The van der Waals surface area contributed by atoms with Gasteiger partial charge in [-0.05, 0) is 25.0 Å². The zero-order valence-corrected chi connectivity index (χ0v) is 14.7. The van der Waals surface area contributed by atoms with Crippen molar-refractivity contribution in [3.8, 4) is 0 Å². The zero-order chi connectivity index (χ0) is 17.2. The van der Waals surface area contributed by atoms with Gasteiger partial charge in [0.05, 0.1) is 11.0 Å². The van der Waals surface area contributed by atoms with Crippen LogP contribution in [0.1, 0.15) is 38.5 Å². The summed E-state index contributed by atoms with van der Waals surface area (Å²) < 4.78 is 25.5. The molecular weight excluding hydrogens is 326 g/mol. The molecule has 1 fully saturated rings. The van der Waals surface area contributed by atoms with Gasteiger partial charge in [-0.3, -0.25) is 4.79 Å². The summed E-state index contributed by atoms with van der Waals surface area (Å²) in [6.45, 7) is -0.0284. The van der Waals surface area contributed by atoms with Crippen molar-refractivity contribution in [1.82, 2.24) is 14.9 Å². The molecule has 6 nitrogen and oxygen atoms in total. The van der Waals surface area contributed by atoms with E-state index in [1.807, 2.05) is 6.07 Å². The van der Waals surface area contributed by atoms with Gasteiger partial charge in [0.15, 0.2) is 0 Å². The van der Waals surface area contributed by atoms with E-state index in [4.69, 9.17) is 0 Å². The number of rotatable bonds is 4. The van der Waals surface area contributed by atoms with Crippen molar-refractivity contribution in [3.05, 3.63) is 24.3 Å². The predicted octanol–water partition coefficient (Wildman–Crippen LogP) is 2.28. The van der Waals surface area contributed by atoms with E-state index >= 15 is 0 Å². The molecule has 1 amide bonds. The van der Waals surface area contributed by atoms with E-state index < -0.39 is 9.84 Å². The van der Waals surface area contributed by atoms with Gasteiger partial charge in [0, 0.05) is 12.3 Å². The number of imidazole rings is 1. The fraction of sp³-hybridized carbons (Fsp3) is 0.529. The summed E-state index contributed by atoms with van der Waals surface area (Å²) in [6, 6.07) is 7.35. The molecule has 0 radical (unpaired) electrons. The highest BCUT2D eigenvalue weighted by molar-refractivity contribution is 7.90. The van der Waals surface area contributed by atoms with Crippen molar-refractivity contribution in [1.29, 1.82) is 0 Å². The van der Waals surface area contributed by atoms with Crippen molar-refractivity contribution >= 4 is 26.8 Å². The Labute approximate surface area is 142 Å². The number of hydrogen-bond donors (Lipinski definition) is 1. The second-order valence-corrected chi connectivity index (χ2v) is 8.41. The molecule has 0 saturated heterocycles. The van der Waals surface area contributed by atoms with Gasteiger partial charge in [0.2, 0.25) is 20.9 Å². The highest BCUT2D eigenvalue weighted by Crippen LogP contribution is 2.20. The molecule has 0 unspecified atom stereocenters. The van der Waals surface area contributed by atoms with Gasteiger partial charge < -0.3 is 9.88 Å². The first-order chi connectivity index (χ1) is 11.4. The van der Waals surface area contributed by atoms with E-state index in [-0.39, 0.29) is 23.7 Å². The monoisotopic (exact) mass is 349 g/mol. The fourth-order valence-corrected chi connectivity index (χ4v) is 4.16. The average molecular weight is 349 g/mol. The van der Waals surface area contributed by atoms with Gasteiger partial charge in [-0.1, -0.05) is 37.8 Å². The molecule has 130 valence electrons. The van der Waals surface area contributed by atoms with Gasteiger partial charge >= 0.3 is 0 Å². The van der Waals surface area contributed by atoms with Crippen LogP contribution in [-0.2, 0) is 21.2 Å². The van der Waals surface area contributed by atoms with E-state index in [1.165, 1.54) is 17.4 Å². The van der Waals surface area contributed by atoms with Crippen molar-refractivity contribution in [2.75, 3.05) is 6.26 Å². The van der Waals surface area contributed by atoms with Crippen LogP contribution in [0.5, 0.6) is 0 Å². The molecule has 0 atom stereocenters. The van der Waals surface area contributed by atoms with Gasteiger partial charge in [-0.2, -0.15) is 0 Å². The molecule has 0 aliphatic heterocycles. The van der Waals surface area contributed by atoms with Crippen LogP contribution < -0.4 is 5.32 Å². The van der Waals surface area contributed by atoms with Crippen molar-refractivity contribution < 1.29 is 13.2 Å². The van der Waals surface area contributed by atoms with Gasteiger partial charge in [0.1, 0.15) is 6.54 Å². The van der Waals surface area contributed by atoms with Gasteiger partial charge in [-0.25, -0.2) is 13.4 Å². The molecule has 7 heteroatoms. The quantitative estimate of drug-likeness (QED) is 0.859. The lowest BCUT2D eigenvalue weighted by Crippen LogP contribution is -2.37. The second-order valence-electron chi connectivity index (χ2n) is 6.50. The Morgan fingerprint density at radius 2 is 1.88 bits per heavy atom. The number of fused-ring (bicyclic) bond motifs is 1. The summed E-state index contributed by atoms with van der Waals surface area (Å²) >= 11 is 0. The first-order valence-corrected chi connectivity index (χ1v) is 10.3. The lowest BCUT2D eigenvalue weighted by Gasteiger charge is -2.17. The standard InChI is InChI=1S/C17H23N3O3S/c1-24(22,23)17-19-14-10-6-7-11-15(14)20(17)12-16(21)18-13-8-4-2-3-5-9-13/h6-7,10-11,13H,2-5,8-9,12H2,1H3,(H,18,21). The normalized spacial score (nSPS) is 16.9. The minimum Gasteiger partial charge on any atom is -0.352 e. The Hall–Kier alpha value is -1.89. The zero-order valence-electron chi connectivity index (χ0n) is 13.9. The number of sulfone groups is 1. The third-order valence-electron chi connectivity index (χ3n) is 4.47. The highest BCUT2D eigenvalue weighted by atomic mass is 32.2. The molecule has 24 heavy (non-hydrogen) atoms. The first-order valence-electron chi connectivity index (χ1n) is 8.40. The maximum atomic E-state index is 12.5. The summed E-state index contributed by atoms with van der Waals surface area (Å²) in [5.74, 6) is -0.157. The summed E-state index contributed by atoms with van der Waals surface area (Å²) in [5.41, 5.74) is 1.24. The van der Waals surface area contributed by atoms with Gasteiger partial charge in [0.25, 0.3) is 0 Å². The maximum Gasteiger partial charge on any atom is 0.240 e. The summed E-state index contributed by atoms with van der Waals surface area (Å²) in [6.07, 6.45) is 7.81. The van der Waals surface area contributed by atoms with Crippen molar-refractivity contribution in [3.63, 3.8) is 0 Å². The highest BCUT2D eigenvalue weighted by Gasteiger charge is 2.22. The predicted molar refractivity (Wildman–Crippen MR) is 92.5 cm³/mol. The molecule has 1 heterocycles. The summed E-state index contributed by atoms with van der Waals surface area (Å²) in [5, 5.41) is 3.00. The smallest absolute Gasteiger partial charge is 0.240 e. The Morgan fingerprint density at radius 1 is 1.21 bits per heavy atom. The van der Waals surface area contributed by atoms with Crippen LogP contribution in [0.2, 0.25) is 0 Å². The Bertz CT molecular complexity index is 834. The molecule has 0 spiro atoms. The number of hydrogen-bond acceptors (Lipinski definition) is 4. The number of nitrogens with zero attached hydrogens (tertiary/aromatic N) is 2. The van der Waals surface area contributed by atoms with E-state index in [1.54, 1.807) is 18.2 Å². The molecule has 1 aromatic carbocycles. The number of amides is 1. The summed E-state index contributed by atoms with van der Waals surface area (Å²) in [7, 11) is -3.51. The average Bonchev–Trinajstić information content (AvgIpc) is 2.71. The number of nitrogens with one attached hydrogen (secondary N) is 1. The molecule has 1 saturated carbocycles. The van der Waals surface area contributed by atoms with Crippen molar-refractivity contribution in [2.24, 2.45) is 0 Å². The fourth-order valence-electron chi connectivity index (χ4n) is 3.33. The van der Waals surface area contributed by atoms with Crippen LogP contribution >= 0.6 is 0 Å². The number of para-hydroxylation sites is 2. The minimum atomic E-state index is -3.51. The number of carbonyl (C=O) groups excluding carboxylic acids is 1. The van der Waals surface area contributed by atoms with E-state index in [2.05, 4.69) is 10.3 Å². The number of benzene rings is 1. The molecule has 0 bridgehead atoms. The molecule has 1 aliphatic rings. The third-order valence-corrected chi connectivity index (χ3v) is 5.45. The van der Waals surface area contributed by atoms with Gasteiger partial charge in [-0.15, -0.1) is 0 Å². The Kier molecular flexibility index (Phi) is 4.89. The SMILES string of the molecule is CS(=O)(=O)c1nc2ccccc2n1CC(=O)NC1CCCCCC1. The molecule has 1 aromatic heterocycles. The second kappa shape index (κ2) is 6.93. The first kappa shape index (κ1) is 17.0. The minimum absolute atomic E-state index is 0.0284. The molecule has 2 aromatic rings. The Balaban J connectivity index is 1.84. The van der Waals surface area contributed by atoms with E-state index in [9.17, 15) is 13.2 Å². The lowest BCUT2D eigenvalue weighted by molar-refractivity contribution is -0.122. The van der Waals surface area contributed by atoms with Crippen LogP contribution in [-0.4, -0.2) is 36.2 Å². The summed E-state index contributed by atoms with van der Waals surface area (Å²) in [4.78, 5) is 16.7. The van der Waals surface area contributed by atoms with Crippen molar-refractivity contribution in [2.45, 2.75) is 56.3 Å². The topological polar surface area (TPSA) is 81.1 Å². The third kappa shape index (κ3) is 3.77. The Morgan fingerprint density at radius 3 is 2.54 bits per heavy atom. The van der Waals surface area contributed by atoms with Crippen LogP contribution in [0.4, 0.5) is 0 Å². The van der Waals surface area contributed by atoms with E-state index in [0.29, 0.717) is 11.0 Å². The molecular formula is C17H23N3O3S. The van der Waals surface area contributed by atoms with Crippen LogP contribution in [0.25, 0.3) is 11.0 Å². The number of carbonyl (C=O) groups is 1. The largest absolute Gasteiger partial charge is 0.352 e. The van der Waals surface area contributed by atoms with Crippen LogP contribution in [0, 0.1) is 0 Å². The van der Waals surface area contributed by atoms with E-state index in [0.717, 1.165) is 31.9 Å².